The second-order valence-electron chi connectivity index (χ2n) is 4.01. The number of nitrogens with zero attached hydrogens (tertiary/aromatic N) is 1. The highest BCUT2D eigenvalue weighted by Crippen LogP contribution is 2.19. The zero-order valence-electron chi connectivity index (χ0n) is 9.07. The normalized spacial score (nSPS) is 25.6. The Morgan fingerprint density at radius 3 is 2.47 bits per heavy atom. The molecule has 0 aromatic carbocycles. The van der Waals surface area contributed by atoms with Crippen LogP contribution in [0.2, 0.25) is 0 Å². The number of carbonyl (C=O) groups is 3. The number of β-amino-alcohol motifs (C(OH)–C–C–N with tert-alkyl or cyclic N) is 1. The van der Waals surface area contributed by atoms with Crippen LogP contribution in [0.4, 0.5) is 0 Å². The van der Waals surface area contributed by atoms with Crippen molar-refractivity contribution in [2.45, 2.75) is 31.0 Å². The Morgan fingerprint density at radius 2 is 2.00 bits per heavy atom. The summed E-state index contributed by atoms with van der Waals surface area (Å²) in [5.41, 5.74) is 10.3. The van der Waals surface area contributed by atoms with Crippen LogP contribution >= 0.6 is 0 Å². The molecule has 6 N–H and O–H groups in total. The van der Waals surface area contributed by atoms with E-state index in [-0.39, 0.29) is 19.4 Å². The Labute approximate surface area is 97.2 Å². The van der Waals surface area contributed by atoms with Gasteiger partial charge in [-0.1, -0.05) is 0 Å². The average molecular weight is 245 g/mol. The van der Waals surface area contributed by atoms with Crippen LogP contribution in [-0.2, 0) is 14.4 Å². The van der Waals surface area contributed by atoms with Crippen molar-refractivity contribution in [3.05, 3.63) is 0 Å². The van der Waals surface area contributed by atoms with E-state index in [0.717, 1.165) is 4.90 Å². The minimum absolute atomic E-state index is 0.0373. The Bertz CT molecular complexity index is 346. The number of hydrogen-bond donors (Lipinski definition) is 4. The summed E-state index contributed by atoms with van der Waals surface area (Å²) in [6.07, 6.45) is -1.27. The van der Waals surface area contributed by atoms with Gasteiger partial charge in [0.05, 0.1) is 18.6 Å². The zero-order valence-corrected chi connectivity index (χ0v) is 9.07. The summed E-state index contributed by atoms with van der Waals surface area (Å²) in [6, 6.07) is -2.27. The molecule has 0 aliphatic carbocycles. The Morgan fingerprint density at radius 1 is 1.41 bits per heavy atom. The second kappa shape index (κ2) is 5.11. The number of aliphatic hydroxyl groups is 1. The molecule has 2 amide bonds. The number of amides is 2. The molecule has 17 heavy (non-hydrogen) atoms. The molecule has 1 fully saturated rings. The Balaban J connectivity index is 2.73. The molecular weight excluding hydrogens is 230 g/mol. The third-order valence-corrected chi connectivity index (χ3v) is 2.59. The van der Waals surface area contributed by atoms with E-state index in [9.17, 15) is 19.5 Å². The fourth-order valence-electron chi connectivity index (χ4n) is 1.81. The van der Waals surface area contributed by atoms with Crippen molar-refractivity contribution in [2.75, 3.05) is 6.54 Å². The average Bonchev–Trinajstić information content (AvgIpc) is 2.58. The monoisotopic (exact) mass is 245 g/mol. The maximum Gasteiger partial charge on any atom is 0.326 e. The van der Waals surface area contributed by atoms with E-state index in [1.54, 1.807) is 0 Å². The lowest BCUT2D eigenvalue weighted by atomic mass is 10.1. The summed E-state index contributed by atoms with van der Waals surface area (Å²) < 4.78 is 0. The number of primary amides is 1. The van der Waals surface area contributed by atoms with E-state index in [0.29, 0.717) is 0 Å². The molecule has 0 radical (unpaired) electrons. The number of carboxylic acid groups (broad SMARTS) is 1. The number of carboxylic acids is 1. The minimum atomic E-state index is -1.21. The first kappa shape index (κ1) is 13.4. The maximum absolute atomic E-state index is 11.8. The first-order valence-corrected chi connectivity index (χ1v) is 5.08. The highest BCUT2D eigenvalue weighted by molar-refractivity contribution is 5.90. The van der Waals surface area contributed by atoms with Crippen molar-refractivity contribution in [2.24, 2.45) is 11.5 Å². The van der Waals surface area contributed by atoms with Gasteiger partial charge in [0.25, 0.3) is 0 Å². The van der Waals surface area contributed by atoms with Gasteiger partial charge in [0.1, 0.15) is 6.04 Å². The Kier molecular flexibility index (Phi) is 4.02. The van der Waals surface area contributed by atoms with Crippen LogP contribution in [0.1, 0.15) is 12.8 Å². The van der Waals surface area contributed by atoms with Crippen LogP contribution in [0.25, 0.3) is 0 Å². The fourth-order valence-corrected chi connectivity index (χ4v) is 1.81. The molecule has 0 aromatic rings. The van der Waals surface area contributed by atoms with Crippen molar-refractivity contribution < 1.29 is 24.6 Å². The first-order valence-electron chi connectivity index (χ1n) is 5.08. The fraction of sp³-hybridized carbons (Fsp3) is 0.667. The van der Waals surface area contributed by atoms with Gasteiger partial charge in [-0.15, -0.1) is 0 Å². The van der Waals surface area contributed by atoms with Gasteiger partial charge < -0.3 is 26.6 Å². The molecule has 1 aliphatic heterocycles. The van der Waals surface area contributed by atoms with E-state index in [1.807, 2.05) is 0 Å². The molecule has 96 valence electrons. The molecular formula is C9H15N3O5. The first-order chi connectivity index (χ1) is 7.82. The molecule has 8 nitrogen and oxygen atoms in total. The maximum atomic E-state index is 11.8. The number of nitrogens with two attached hydrogens (primary N) is 2. The summed E-state index contributed by atoms with van der Waals surface area (Å²) in [5.74, 6) is -2.63. The highest BCUT2D eigenvalue weighted by Gasteiger charge is 2.40. The van der Waals surface area contributed by atoms with Gasteiger partial charge in [-0.25, -0.2) is 4.79 Å². The van der Waals surface area contributed by atoms with Crippen molar-refractivity contribution in [1.29, 1.82) is 0 Å². The van der Waals surface area contributed by atoms with Gasteiger partial charge in [-0.05, 0) is 0 Å². The number of hydrogen-bond acceptors (Lipinski definition) is 5. The molecule has 1 saturated heterocycles. The van der Waals surface area contributed by atoms with Crippen LogP contribution < -0.4 is 11.5 Å². The van der Waals surface area contributed by atoms with Crippen molar-refractivity contribution >= 4 is 17.8 Å². The molecule has 1 rings (SSSR count). The van der Waals surface area contributed by atoms with Crippen LogP contribution in [0.15, 0.2) is 0 Å². The lowest BCUT2D eigenvalue weighted by Gasteiger charge is -2.23. The predicted octanol–water partition coefficient (Wildman–Crippen LogP) is -2.76. The van der Waals surface area contributed by atoms with Gasteiger partial charge in [0.2, 0.25) is 11.8 Å². The topological polar surface area (TPSA) is 147 Å². The number of aliphatic hydroxyl groups excluding tert-OH is 1. The number of rotatable bonds is 4. The number of likely N-dealkylation sites (tertiary alicyclic amines) is 1. The van der Waals surface area contributed by atoms with Gasteiger partial charge in [0, 0.05) is 13.0 Å². The van der Waals surface area contributed by atoms with Crippen LogP contribution in [0.5, 0.6) is 0 Å². The summed E-state index contributed by atoms with van der Waals surface area (Å²) in [6.45, 7) is -0.0950. The molecule has 0 bridgehead atoms. The lowest BCUT2D eigenvalue weighted by molar-refractivity contribution is -0.148. The van der Waals surface area contributed by atoms with E-state index in [4.69, 9.17) is 16.6 Å². The second-order valence-corrected chi connectivity index (χ2v) is 4.01. The SMILES string of the molecule is NC(=O)C[C@H](N)C(=O)N1C[C@H](O)C[C@H]1C(=O)O. The van der Waals surface area contributed by atoms with Crippen molar-refractivity contribution in [1.82, 2.24) is 4.90 Å². The van der Waals surface area contributed by atoms with E-state index < -0.39 is 36.0 Å². The smallest absolute Gasteiger partial charge is 0.326 e. The molecule has 3 atom stereocenters. The number of carbonyl (C=O) groups excluding carboxylic acids is 2. The van der Waals surface area contributed by atoms with E-state index in [1.165, 1.54) is 0 Å². The summed E-state index contributed by atoms with van der Waals surface area (Å²) >= 11 is 0. The zero-order chi connectivity index (χ0) is 13.2. The molecule has 1 heterocycles. The predicted molar refractivity (Wildman–Crippen MR) is 55.5 cm³/mol. The van der Waals surface area contributed by atoms with Crippen LogP contribution in [0.3, 0.4) is 0 Å². The summed E-state index contributed by atoms with van der Waals surface area (Å²) in [5, 5.41) is 18.2. The van der Waals surface area contributed by atoms with Gasteiger partial charge >= 0.3 is 5.97 Å². The van der Waals surface area contributed by atoms with Gasteiger partial charge in [-0.2, -0.15) is 0 Å². The van der Waals surface area contributed by atoms with Crippen molar-refractivity contribution in [3.8, 4) is 0 Å². The lowest BCUT2D eigenvalue weighted by Crippen LogP contribution is -2.49. The molecule has 1 aliphatic rings. The van der Waals surface area contributed by atoms with E-state index in [2.05, 4.69) is 0 Å². The molecule has 0 spiro atoms. The third kappa shape index (κ3) is 3.14. The van der Waals surface area contributed by atoms with Crippen LogP contribution in [0, 0.1) is 0 Å². The highest BCUT2D eigenvalue weighted by atomic mass is 16.4. The molecule has 0 aromatic heterocycles. The number of aliphatic carboxylic acids is 1. The van der Waals surface area contributed by atoms with E-state index >= 15 is 0 Å². The Hall–Kier alpha value is -1.67. The molecule has 0 unspecified atom stereocenters. The van der Waals surface area contributed by atoms with Gasteiger partial charge in [0.15, 0.2) is 0 Å². The van der Waals surface area contributed by atoms with Gasteiger partial charge in [-0.3, -0.25) is 9.59 Å². The molecule has 8 heteroatoms. The van der Waals surface area contributed by atoms with Crippen LogP contribution in [-0.4, -0.2) is 57.6 Å². The summed E-state index contributed by atoms with van der Waals surface area (Å²) in [7, 11) is 0. The third-order valence-electron chi connectivity index (χ3n) is 2.59. The van der Waals surface area contributed by atoms with Crippen molar-refractivity contribution in [3.63, 3.8) is 0 Å². The largest absolute Gasteiger partial charge is 0.480 e. The quantitative estimate of drug-likeness (QED) is 0.421. The summed E-state index contributed by atoms with van der Waals surface area (Å²) in [4.78, 5) is 34.2. The molecule has 0 saturated carbocycles. The minimum Gasteiger partial charge on any atom is -0.480 e. The standard InChI is InChI=1S/C9H15N3O5/c10-5(2-7(11)14)8(15)12-3-4(13)1-6(12)9(16)17/h4-6,13H,1-3,10H2,(H2,11,14)(H,16,17)/t4-,5+,6+/m1/s1.